The molecule has 3 saturated heterocycles. The van der Waals surface area contributed by atoms with Gasteiger partial charge in [-0.25, -0.2) is 4.52 Å². The molecule has 1 spiro atoms. The third-order valence-corrected chi connectivity index (χ3v) is 9.51. The largest absolute Gasteiger partial charge is 0.370 e. The highest BCUT2D eigenvalue weighted by Gasteiger charge is 2.52. The van der Waals surface area contributed by atoms with Crippen LogP contribution in [-0.4, -0.2) is 83.7 Å². The minimum absolute atomic E-state index is 0.0454. The van der Waals surface area contributed by atoms with Gasteiger partial charge in [-0.15, -0.1) is 0 Å². The Morgan fingerprint density at radius 3 is 2.36 bits per heavy atom. The zero-order valence-electron chi connectivity index (χ0n) is 23.0. The summed E-state index contributed by atoms with van der Waals surface area (Å²) >= 11 is 0. The van der Waals surface area contributed by atoms with E-state index in [0.29, 0.717) is 11.5 Å². The van der Waals surface area contributed by atoms with Crippen LogP contribution in [0.1, 0.15) is 26.7 Å². The lowest BCUT2D eigenvalue weighted by Gasteiger charge is -2.62. The zero-order chi connectivity index (χ0) is 26.7. The second-order valence-corrected chi connectivity index (χ2v) is 12.5. The number of nitriles is 1. The molecule has 1 aromatic carbocycles. The summed E-state index contributed by atoms with van der Waals surface area (Å²) in [6.45, 7) is 12.4. The summed E-state index contributed by atoms with van der Waals surface area (Å²) in [5, 5.41) is 13.6. The molecule has 202 valence electrons. The summed E-state index contributed by atoms with van der Waals surface area (Å²) in [5.41, 5.74) is 6.45. The zero-order valence-corrected chi connectivity index (χ0v) is 23.0. The van der Waals surface area contributed by atoms with Crippen LogP contribution in [-0.2, 0) is 4.79 Å². The third kappa shape index (κ3) is 4.24. The first kappa shape index (κ1) is 24.5. The van der Waals surface area contributed by atoms with Crippen molar-refractivity contribution in [1.82, 2.24) is 19.4 Å². The van der Waals surface area contributed by atoms with Gasteiger partial charge in [-0.1, -0.05) is 12.1 Å². The summed E-state index contributed by atoms with van der Waals surface area (Å²) in [6.07, 6.45) is 5.43. The van der Waals surface area contributed by atoms with Crippen molar-refractivity contribution in [3.63, 3.8) is 0 Å². The summed E-state index contributed by atoms with van der Waals surface area (Å²) in [6, 6.07) is 16.2. The monoisotopic (exact) mass is 523 g/mol. The quantitative estimate of drug-likeness (QED) is 0.508. The molecule has 1 aliphatic carbocycles. The number of anilines is 2. The highest BCUT2D eigenvalue weighted by molar-refractivity contribution is 5.82. The molecule has 4 aliphatic rings. The molecule has 8 nitrogen and oxygen atoms in total. The predicted molar refractivity (Wildman–Crippen MR) is 153 cm³/mol. The third-order valence-electron chi connectivity index (χ3n) is 9.51. The average molecular weight is 524 g/mol. The van der Waals surface area contributed by atoms with Crippen LogP contribution in [0.25, 0.3) is 16.6 Å². The van der Waals surface area contributed by atoms with Gasteiger partial charge in [-0.3, -0.25) is 9.69 Å². The molecule has 0 unspecified atom stereocenters. The molecular weight excluding hydrogens is 486 g/mol. The van der Waals surface area contributed by atoms with Crippen LogP contribution in [0, 0.1) is 28.6 Å². The van der Waals surface area contributed by atoms with Gasteiger partial charge in [0.05, 0.1) is 17.3 Å². The van der Waals surface area contributed by atoms with Gasteiger partial charge in [-0.05, 0) is 56.5 Å². The fourth-order valence-corrected chi connectivity index (χ4v) is 6.97. The smallest absolute Gasteiger partial charge is 0.225 e. The highest BCUT2D eigenvalue weighted by Crippen LogP contribution is 2.43. The Labute approximate surface area is 230 Å². The van der Waals surface area contributed by atoms with E-state index in [1.54, 1.807) is 0 Å². The number of rotatable bonds is 5. The molecule has 1 amide bonds. The molecule has 5 heterocycles. The minimum Gasteiger partial charge on any atom is -0.370 e. The molecule has 0 atom stereocenters. The van der Waals surface area contributed by atoms with E-state index in [-0.39, 0.29) is 17.7 Å². The van der Waals surface area contributed by atoms with Gasteiger partial charge < -0.3 is 14.7 Å². The fraction of sp³-hybridized carbons (Fsp3) is 0.516. The predicted octanol–water partition coefficient (Wildman–Crippen LogP) is 3.73. The molecule has 7 rings (SSSR count). The van der Waals surface area contributed by atoms with Crippen molar-refractivity contribution >= 4 is 22.8 Å². The molecule has 39 heavy (non-hydrogen) atoms. The number of benzene rings is 1. The lowest BCUT2D eigenvalue weighted by Crippen LogP contribution is -2.73. The summed E-state index contributed by atoms with van der Waals surface area (Å²) in [4.78, 5) is 22.2. The van der Waals surface area contributed by atoms with E-state index >= 15 is 0 Å². The van der Waals surface area contributed by atoms with Crippen LogP contribution in [0.3, 0.4) is 0 Å². The standard InChI is InChI=1S/C31H37N7O/c1-22(2)36-18-31(19-36)20-37(21-31)27-5-3-24(4-6-27)26-15-29-28(7-8-33-38(29)17-26)34-9-11-35(12-10-34)30(39)25-13-23(14-25)16-32/h3-8,15,17,22-23,25H,9-14,18-21H2,1-2H3. The van der Waals surface area contributed by atoms with Gasteiger partial charge in [0, 0.05) is 99.3 Å². The van der Waals surface area contributed by atoms with Crippen LogP contribution in [0.4, 0.5) is 11.4 Å². The normalized spacial score (nSPS) is 24.4. The topological polar surface area (TPSA) is 71.1 Å². The van der Waals surface area contributed by atoms with Crippen molar-refractivity contribution < 1.29 is 4.79 Å². The average Bonchev–Trinajstić information content (AvgIpc) is 3.31. The molecule has 8 heteroatoms. The van der Waals surface area contributed by atoms with Crippen molar-refractivity contribution in [3.8, 4) is 17.2 Å². The van der Waals surface area contributed by atoms with E-state index in [9.17, 15) is 4.79 Å². The molecule has 0 radical (unpaired) electrons. The van der Waals surface area contributed by atoms with Crippen LogP contribution in [0.5, 0.6) is 0 Å². The number of piperazine rings is 1. The summed E-state index contributed by atoms with van der Waals surface area (Å²) in [7, 11) is 0. The molecule has 2 aromatic heterocycles. The number of likely N-dealkylation sites (tertiary alicyclic amines) is 1. The van der Waals surface area contributed by atoms with Crippen molar-refractivity contribution in [1.29, 1.82) is 5.26 Å². The van der Waals surface area contributed by atoms with Gasteiger partial charge >= 0.3 is 0 Å². The van der Waals surface area contributed by atoms with Crippen LogP contribution in [0.15, 0.2) is 48.8 Å². The minimum atomic E-state index is 0.0454. The number of carbonyl (C=O) groups is 1. The Balaban J connectivity index is 1.00. The van der Waals surface area contributed by atoms with Crippen LogP contribution < -0.4 is 9.80 Å². The van der Waals surface area contributed by atoms with E-state index < -0.39 is 0 Å². The SMILES string of the molecule is CC(C)N1CC2(CN(c3ccc(-c4cc5c(N6CCN(C(=O)C7CC(C#N)C7)CC6)ccnn5c4)cc3)C2)C1. The number of hydrogen-bond donors (Lipinski definition) is 0. The Kier molecular flexibility index (Phi) is 5.82. The highest BCUT2D eigenvalue weighted by atomic mass is 16.2. The molecule has 3 aromatic rings. The molecule has 0 N–H and O–H groups in total. The first-order valence-electron chi connectivity index (χ1n) is 14.4. The lowest BCUT2D eigenvalue weighted by atomic mass is 9.72. The second-order valence-electron chi connectivity index (χ2n) is 12.5. The lowest BCUT2D eigenvalue weighted by molar-refractivity contribution is -0.139. The van der Waals surface area contributed by atoms with E-state index in [4.69, 9.17) is 5.26 Å². The van der Waals surface area contributed by atoms with E-state index in [1.165, 1.54) is 43.0 Å². The van der Waals surface area contributed by atoms with E-state index in [0.717, 1.165) is 50.2 Å². The van der Waals surface area contributed by atoms with Crippen molar-refractivity contribution in [2.75, 3.05) is 62.2 Å². The van der Waals surface area contributed by atoms with Gasteiger partial charge in [0.2, 0.25) is 5.91 Å². The maximum absolute atomic E-state index is 12.8. The van der Waals surface area contributed by atoms with Gasteiger partial charge in [0.1, 0.15) is 0 Å². The summed E-state index contributed by atoms with van der Waals surface area (Å²) in [5.74, 6) is 0.341. The molecule has 1 saturated carbocycles. The van der Waals surface area contributed by atoms with Gasteiger partial charge in [-0.2, -0.15) is 10.4 Å². The molecule has 0 bridgehead atoms. The second kappa shape index (κ2) is 9.27. The maximum Gasteiger partial charge on any atom is 0.225 e. The molecule has 3 aliphatic heterocycles. The Morgan fingerprint density at radius 2 is 1.69 bits per heavy atom. The van der Waals surface area contributed by atoms with Crippen molar-refractivity contribution in [2.24, 2.45) is 17.3 Å². The maximum atomic E-state index is 12.8. The van der Waals surface area contributed by atoms with Crippen LogP contribution in [0.2, 0.25) is 0 Å². The fourth-order valence-electron chi connectivity index (χ4n) is 6.97. The number of aromatic nitrogens is 2. The number of carbonyl (C=O) groups excluding carboxylic acids is 1. The Hall–Kier alpha value is -3.57. The molecule has 4 fully saturated rings. The first-order chi connectivity index (χ1) is 18.9. The summed E-state index contributed by atoms with van der Waals surface area (Å²) < 4.78 is 1.97. The van der Waals surface area contributed by atoms with Crippen LogP contribution >= 0.6 is 0 Å². The Bertz CT molecular complexity index is 1410. The van der Waals surface area contributed by atoms with Gasteiger partial charge in [0.15, 0.2) is 0 Å². The number of fused-ring (bicyclic) bond motifs is 1. The number of nitrogens with zero attached hydrogens (tertiary/aromatic N) is 7. The van der Waals surface area contributed by atoms with Crippen molar-refractivity contribution in [3.05, 3.63) is 48.8 Å². The number of hydrogen-bond acceptors (Lipinski definition) is 6. The van der Waals surface area contributed by atoms with E-state index in [2.05, 4.69) is 82.3 Å². The Morgan fingerprint density at radius 1 is 0.974 bits per heavy atom. The van der Waals surface area contributed by atoms with Gasteiger partial charge in [0.25, 0.3) is 0 Å². The molecular formula is C31H37N7O. The van der Waals surface area contributed by atoms with Crippen molar-refractivity contribution in [2.45, 2.75) is 32.7 Å². The van der Waals surface area contributed by atoms with E-state index in [1.807, 2.05) is 15.6 Å². The first-order valence-corrected chi connectivity index (χ1v) is 14.4. The number of amides is 1.